The number of epoxide rings is 1. The summed E-state index contributed by atoms with van der Waals surface area (Å²) in [7, 11) is -3.74. The van der Waals surface area contributed by atoms with Crippen molar-refractivity contribution >= 4 is 15.8 Å². The van der Waals surface area contributed by atoms with Gasteiger partial charge in [-0.3, -0.25) is 4.79 Å². The molecule has 0 amide bonds. The van der Waals surface area contributed by atoms with Crippen LogP contribution < -0.4 is 4.74 Å². The molecule has 1 aliphatic heterocycles. The molecule has 5 rings (SSSR count). The van der Waals surface area contributed by atoms with Crippen molar-refractivity contribution < 1.29 is 54.5 Å². The summed E-state index contributed by atoms with van der Waals surface area (Å²) in [6.45, 7) is 3.92. The van der Waals surface area contributed by atoms with Gasteiger partial charge in [0.15, 0.2) is 0 Å². The Hall–Kier alpha value is -2.93. The molecule has 0 radical (unpaired) electrons. The van der Waals surface area contributed by atoms with Crippen molar-refractivity contribution in [2.24, 2.45) is 11.3 Å². The van der Waals surface area contributed by atoms with Crippen LogP contribution in [-0.2, 0) is 35.3 Å². The fourth-order valence-corrected chi connectivity index (χ4v) is 9.14. The number of phenolic OH excluding ortho intramolecular Hbond substituents is 1. The van der Waals surface area contributed by atoms with Gasteiger partial charge in [-0.1, -0.05) is 31.2 Å². The van der Waals surface area contributed by atoms with Crippen LogP contribution in [0.1, 0.15) is 82.8 Å². The van der Waals surface area contributed by atoms with Crippen LogP contribution in [0, 0.1) is 11.3 Å². The molecular weight excluding hydrogens is 647 g/mol. The number of fused-ring (bicyclic) bond motifs is 2. The molecule has 1 heterocycles. The predicted octanol–water partition coefficient (Wildman–Crippen LogP) is 7.60. The van der Waals surface area contributed by atoms with Crippen LogP contribution in [0.15, 0.2) is 48.5 Å². The molecular formula is C34H41F5O7S. The fraction of sp³-hybridized carbons (Fsp3) is 0.618. The summed E-state index contributed by atoms with van der Waals surface area (Å²) < 4.78 is 105. The number of unbranched alkanes of at least 4 members (excludes halogenated alkanes) is 2. The van der Waals surface area contributed by atoms with Gasteiger partial charge in [-0.25, -0.2) is 8.42 Å². The lowest BCUT2D eigenvalue weighted by Crippen LogP contribution is -2.45. The topological polar surface area (TPSA) is 102 Å². The largest absolute Gasteiger partial charge is 0.508 e. The van der Waals surface area contributed by atoms with Gasteiger partial charge in [-0.15, -0.1) is 0 Å². The lowest BCUT2D eigenvalue weighted by molar-refractivity contribution is -0.284. The van der Waals surface area contributed by atoms with Crippen molar-refractivity contribution in [1.29, 1.82) is 0 Å². The van der Waals surface area contributed by atoms with Crippen LogP contribution in [0.2, 0.25) is 0 Å². The number of sulfone groups is 1. The molecule has 3 fully saturated rings. The number of rotatable bonds is 14. The molecule has 47 heavy (non-hydrogen) atoms. The molecule has 2 saturated carbocycles. The van der Waals surface area contributed by atoms with Crippen molar-refractivity contribution in [2.45, 2.75) is 101 Å². The molecule has 0 aromatic heterocycles. The van der Waals surface area contributed by atoms with Crippen LogP contribution in [0.25, 0.3) is 0 Å². The normalized spacial score (nSPS) is 28.7. The van der Waals surface area contributed by atoms with E-state index in [1.807, 2.05) is 36.4 Å². The lowest BCUT2D eigenvalue weighted by Gasteiger charge is -2.44. The van der Waals surface area contributed by atoms with E-state index < -0.39 is 51.7 Å². The number of esters is 1. The van der Waals surface area contributed by atoms with Gasteiger partial charge in [0.25, 0.3) is 0 Å². The van der Waals surface area contributed by atoms with Gasteiger partial charge >= 0.3 is 18.1 Å². The summed E-state index contributed by atoms with van der Waals surface area (Å²) in [5.41, 5.74) is 0.418. The van der Waals surface area contributed by atoms with Gasteiger partial charge < -0.3 is 19.3 Å². The zero-order valence-corrected chi connectivity index (χ0v) is 27.3. The maximum atomic E-state index is 13.0. The second-order valence-electron chi connectivity index (χ2n) is 13.5. The maximum absolute atomic E-state index is 13.0. The van der Waals surface area contributed by atoms with Gasteiger partial charge in [0.2, 0.25) is 0 Å². The highest BCUT2D eigenvalue weighted by Gasteiger charge is 2.78. The van der Waals surface area contributed by atoms with Crippen LogP contribution >= 0.6 is 0 Å². The summed E-state index contributed by atoms with van der Waals surface area (Å²) in [5.74, 6) is -5.14. The maximum Gasteiger partial charge on any atom is 0.453 e. The van der Waals surface area contributed by atoms with Gasteiger partial charge in [0, 0.05) is 18.8 Å². The number of hydrogen-bond acceptors (Lipinski definition) is 7. The summed E-state index contributed by atoms with van der Waals surface area (Å²) in [5, 5.41) is 9.92. The summed E-state index contributed by atoms with van der Waals surface area (Å²) in [6, 6.07) is 14.7. The molecule has 2 aromatic carbocycles. The Kier molecular flexibility index (Phi) is 9.66. The number of hydrogen-bond donors (Lipinski definition) is 1. The van der Waals surface area contributed by atoms with E-state index >= 15 is 0 Å². The summed E-state index contributed by atoms with van der Waals surface area (Å²) in [6.07, 6.45) is -3.85. The van der Waals surface area contributed by atoms with E-state index in [0.29, 0.717) is 31.6 Å². The van der Waals surface area contributed by atoms with E-state index in [1.54, 1.807) is 12.1 Å². The van der Waals surface area contributed by atoms with Gasteiger partial charge in [-0.05, 0) is 92.7 Å². The third-order valence-electron chi connectivity index (χ3n) is 10.3. The Morgan fingerprint density at radius 2 is 1.53 bits per heavy atom. The number of phenols is 1. The lowest BCUT2D eigenvalue weighted by atomic mass is 9.58. The number of benzene rings is 2. The highest BCUT2D eigenvalue weighted by atomic mass is 32.2. The van der Waals surface area contributed by atoms with E-state index in [9.17, 15) is 40.3 Å². The second-order valence-corrected chi connectivity index (χ2v) is 15.8. The van der Waals surface area contributed by atoms with Gasteiger partial charge in [0.1, 0.15) is 38.6 Å². The van der Waals surface area contributed by atoms with Crippen molar-refractivity contribution in [1.82, 2.24) is 0 Å². The number of halogens is 5. The van der Waals surface area contributed by atoms with Crippen molar-refractivity contribution in [2.75, 3.05) is 18.1 Å². The first kappa shape index (κ1) is 35.4. The van der Waals surface area contributed by atoms with Crippen LogP contribution in [0.3, 0.4) is 0 Å². The SMILES string of the molecule is CC(=O)O[C@H]1CC[C@H]2C[C@]3(c4ccc(O)cc4)O[C@]3(c3ccc(OCCCCCS(=O)(=O)CCCC(F)(F)C(F)(F)F)cc3)C[C@@]21C. The minimum absolute atomic E-state index is 0.170. The Labute approximate surface area is 271 Å². The monoisotopic (exact) mass is 688 g/mol. The van der Waals surface area contributed by atoms with E-state index in [2.05, 4.69) is 6.92 Å². The predicted molar refractivity (Wildman–Crippen MR) is 163 cm³/mol. The Morgan fingerprint density at radius 3 is 2.17 bits per heavy atom. The zero-order valence-electron chi connectivity index (χ0n) is 26.5. The zero-order chi connectivity index (χ0) is 34.3. The summed E-state index contributed by atoms with van der Waals surface area (Å²) >= 11 is 0. The Morgan fingerprint density at radius 1 is 0.915 bits per heavy atom. The number of carbonyl (C=O) groups excluding carboxylic acids is 1. The fourth-order valence-electron chi connectivity index (χ4n) is 7.71. The molecule has 260 valence electrons. The molecule has 2 aliphatic carbocycles. The average molecular weight is 689 g/mol. The van der Waals surface area contributed by atoms with Crippen LogP contribution in [-0.4, -0.2) is 55.8 Å². The Bertz CT molecular complexity index is 1530. The molecule has 0 bridgehead atoms. The number of aromatic hydroxyl groups is 1. The highest BCUT2D eigenvalue weighted by molar-refractivity contribution is 7.91. The van der Waals surface area contributed by atoms with Crippen LogP contribution in [0.5, 0.6) is 11.5 Å². The molecule has 5 atom stereocenters. The van der Waals surface area contributed by atoms with Gasteiger partial charge in [0.05, 0.1) is 18.1 Å². The Balaban J connectivity index is 1.16. The third kappa shape index (κ3) is 7.11. The molecule has 13 heteroatoms. The first-order valence-corrected chi connectivity index (χ1v) is 17.8. The number of alkyl halides is 5. The van der Waals surface area contributed by atoms with Crippen molar-refractivity contribution in [3.05, 3.63) is 59.7 Å². The third-order valence-corrected chi connectivity index (χ3v) is 12.1. The van der Waals surface area contributed by atoms with E-state index in [1.165, 1.54) is 6.92 Å². The first-order chi connectivity index (χ1) is 21.9. The first-order valence-electron chi connectivity index (χ1n) is 16.0. The molecule has 2 aromatic rings. The molecule has 0 unspecified atom stereocenters. The highest BCUT2D eigenvalue weighted by Crippen LogP contribution is 2.76. The molecule has 1 saturated heterocycles. The quantitative estimate of drug-likeness (QED) is 0.0944. The minimum Gasteiger partial charge on any atom is -0.508 e. The average Bonchev–Trinajstić information content (AvgIpc) is 3.55. The smallest absolute Gasteiger partial charge is 0.453 e. The number of carbonyl (C=O) groups is 1. The number of ether oxygens (including phenoxy) is 3. The second kappa shape index (κ2) is 12.8. The van der Waals surface area contributed by atoms with Crippen LogP contribution in [0.4, 0.5) is 22.0 Å². The molecule has 7 nitrogen and oxygen atoms in total. The van der Waals surface area contributed by atoms with Crippen molar-refractivity contribution in [3.8, 4) is 11.5 Å². The minimum atomic E-state index is -5.69. The van der Waals surface area contributed by atoms with Crippen molar-refractivity contribution in [3.63, 3.8) is 0 Å². The molecule has 0 spiro atoms. The van der Waals surface area contributed by atoms with E-state index in [0.717, 1.165) is 30.4 Å². The standard InChI is InChI=1S/C34H41F5O7S/c1-23(40)45-29-16-11-26-21-31(24-7-12-27(41)13-8-24)32(46-31,22-30(26,29)2)25-9-14-28(15-10-25)44-18-4-3-5-19-47(42,43)20-6-17-33(35,36)34(37,38)39/h7-10,12-15,26,29,41H,3-6,11,16-22H2,1-2H3/t26-,29-,30-,31+,32-/m0/s1. The molecule has 1 N–H and O–H groups in total. The van der Waals surface area contributed by atoms with E-state index in [4.69, 9.17) is 14.2 Å². The van der Waals surface area contributed by atoms with E-state index in [-0.39, 0.29) is 41.3 Å². The molecule has 3 aliphatic rings. The van der Waals surface area contributed by atoms with Gasteiger partial charge in [-0.2, -0.15) is 22.0 Å². The summed E-state index contributed by atoms with van der Waals surface area (Å²) in [4.78, 5) is 11.9.